The molecular formula is C15H21F3IN3O. The largest absolute Gasteiger partial charge is 0.492 e. The summed E-state index contributed by atoms with van der Waals surface area (Å²) in [5.41, 5.74) is -0.711. The number of ether oxygens (including phenoxy) is 1. The number of rotatable bonds is 6. The van der Waals surface area contributed by atoms with Gasteiger partial charge in [-0.15, -0.1) is 24.0 Å². The molecule has 2 N–H and O–H groups in total. The molecule has 0 aromatic heterocycles. The third-order valence-electron chi connectivity index (χ3n) is 3.05. The van der Waals surface area contributed by atoms with Gasteiger partial charge in [-0.1, -0.05) is 6.07 Å². The Kier molecular flexibility index (Phi) is 7.93. The molecule has 0 atom stereocenters. The lowest BCUT2D eigenvalue weighted by Gasteiger charge is -2.11. The highest BCUT2D eigenvalue weighted by molar-refractivity contribution is 14.0. The summed E-state index contributed by atoms with van der Waals surface area (Å²) in [6, 6.07) is 5.35. The summed E-state index contributed by atoms with van der Waals surface area (Å²) in [6.45, 7) is 3.33. The second kappa shape index (κ2) is 9.19. The molecule has 23 heavy (non-hydrogen) atoms. The van der Waals surface area contributed by atoms with Crippen LogP contribution in [0, 0.1) is 0 Å². The Morgan fingerprint density at radius 1 is 1.35 bits per heavy atom. The van der Waals surface area contributed by atoms with Crippen LogP contribution >= 0.6 is 24.0 Å². The van der Waals surface area contributed by atoms with Crippen molar-refractivity contribution < 1.29 is 17.9 Å². The molecule has 1 aromatic carbocycles. The average Bonchev–Trinajstić information content (AvgIpc) is 3.27. The van der Waals surface area contributed by atoms with E-state index in [-0.39, 0.29) is 36.3 Å². The van der Waals surface area contributed by atoms with Crippen molar-refractivity contribution in [3.05, 3.63) is 29.8 Å². The van der Waals surface area contributed by atoms with Crippen LogP contribution in [0.5, 0.6) is 5.75 Å². The first-order chi connectivity index (χ1) is 10.5. The Hall–Kier alpha value is -1.19. The number of nitrogens with zero attached hydrogens (tertiary/aromatic N) is 1. The molecule has 0 bridgehead atoms. The van der Waals surface area contributed by atoms with Crippen LogP contribution in [0.2, 0.25) is 0 Å². The summed E-state index contributed by atoms with van der Waals surface area (Å²) in [5.74, 6) is 0.919. The molecule has 1 aliphatic rings. The minimum atomic E-state index is -4.36. The maximum absolute atomic E-state index is 12.6. The van der Waals surface area contributed by atoms with E-state index in [4.69, 9.17) is 4.74 Å². The lowest BCUT2D eigenvalue weighted by Crippen LogP contribution is -2.38. The zero-order valence-corrected chi connectivity index (χ0v) is 15.2. The maximum atomic E-state index is 12.6. The SMILES string of the molecule is CCNC(=NCCOc1cccc(C(F)(F)F)c1)NC1CC1.I. The first-order valence-electron chi connectivity index (χ1n) is 7.34. The Balaban J connectivity index is 0.00000264. The van der Waals surface area contributed by atoms with E-state index in [9.17, 15) is 13.2 Å². The number of hydrogen-bond donors (Lipinski definition) is 2. The molecule has 0 spiro atoms. The van der Waals surface area contributed by atoms with Gasteiger partial charge in [0.25, 0.3) is 0 Å². The zero-order valence-electron chi connectivity index (χ0n) is 12.8. The summed E-state index contributed by atoms with van der Waals surface area (Å²) in [5, 5.41) is 6.37. The molecule has 0 unspecified atom stereocenters. The molecule has 2 rings (SSSR count). The number of aliphatic imine (C=N–C) groups is 1. The van der Waals surface area contributed by atoms with Gasteiger partial charge in [-0.3, -0.25) is 0 Å². The van der Waals surface area contributed by atoms with E-state index in [1.54, 1.807) is 0 Å². The Labute approximate surface area is 150 Å². The number of hydrogen-bond acceptors (Lipinski definition) is 2. The van der Waals surface area contributed by atoms with Crippen LogP contribution in [0.4, 0.5) is 13.2 Å². The van der Waals surface area contributed by atoms with Crippen LogP contribution in [0.1, 0.15) is 25.3 Å². The molecule has 0 radical (unpaired) electrons. The Morgan fingerprint density at radius 2 is 2.09 bits per heavy atom. The molecular weight excluding hydrogens is 422 g/mol. The summed E-state index contributed by atoms with van der Waals surface area (Å²) in [6.07, 6.45) is -2.07. The quantitative estimate of drug-likeness (QED) is 0.307. The first kappa shape index (κ1) is 19.9. The van der Waals surface area contributed by atoms with Crippen LogP contribution in [0.25, 0.3) is 0 Å². The van der Waals surface area contributed by atoms with Gasteiger partial charge in [0.05, 0.1) is 12.1 Å². The van der Waals surface area contributed by atoms with Crippen LogP contribution < -0.4 is 15.4 Å². The molecule has 1 aromatic rings. The summed E-state index contributed by atoms with van der Waals surface area (Å²) in [4.78, 5) is 4.33. The van der Waals surface area contributed by atoms with Crippen molar-refractivity contribution in [3.63, 3.8) is 0 Å². The molecule has 4 nitrogen and oxygen atoms in total. The number of halogens is 4. The normalized spacial score (nSPS) is 14.9. The fourth-order valence-corrected chi connectivity index (χ4v) is 1.82. The van der Waals surface area contributed by atoms with Crippen LogP contribution in [0.3, 0.4) is 0 Å². The highest BCUT2D eigenvalue weighted by atomic mass is 127. The van der Waals surface area contributed by atoms with E-state index in [2.05, 4.69) is 15.6 Å². The fraction of sp³-hybridized carbons (Fsp3) is 0.533. The van der Waals surface area contributed by atoms with E-state index in [0.717, 1.165) is 37.5 Å². The fourth-order valence-electron chi connectivity index (χ4n) is 1.82. The van der Waals surface area contributed by atoms with Crippen molar-refractivity contribution >= 4 is 29.9 Å². The van der Waals surface area contributed by atoms with Gasteiger partial charge < -0.3 is 15.4 Å². The predicted molar refractivity (Wildman–Crippen MR) is 94.5 cm³/mol. The number of benzene rings is 1. The first-order valence-corrected chi connectivity index (χ1v) is 7.34. The van der Waals surface area contributed by atoms with Crippen molar-refractivity contribution in [1.82, 2.24) is 10.6 Å². The Bertz CT molecular complexity index is 519. The van der Waals surface area contributed by atoms with Crippen molar-refractivity contribution in [1.29, 1.82) is 0 Å². The maximum Gasteiger partial charge on any atom is 0.416 e. The van der Waals surface area contributed by atoms with Gasteiger partial charge in [-0.25, -0.2) is 4.99 Å². The van der Waals surface area contributed by atoms with Crippen molar-refractivity contribution in [3.8, 4) is 5.75 Å². The number of alkyl halides is 3. The van der Waals surface area contributed by atoms with Gasteiger partial charge in [-0.2, -0.15) is 13.2 Å². The lowest BCUT2D eigenvalue weighted by molar-refractivity contribution is -0.137. The van der Waals surface area contributed by atoms with Gasteiger partial charge in [0.15, 0.2) is 5.96 Å². The van der Waals surface area contributed by atoms with Gasteiger partial charge in [0, 0.05) is 12.6 Å². The highest BCUT2D eigenvalue weighted by Crippen LogP contribution is 2.31. The molecule has 8 heteroatoms. The standard InChI is InChI=1S/C15H20F3N3O.HI/c1-2-19-14(21-12-6-7-12)20-8-9-22-13-5-3-4-11(10-13)15(16,17)18;/h3-5,10,12H,2,6-9H2,1H3,(H2,19,20,21);1H. The van der Waals surface area contributed by atoms with Gasteiger partial charge in [-0.05, 0) is 38.0 Å². The lowest BCUT2D eigenvalue weighted by atomic mass is 10.2. The number of guanidine groups is 1. The van der Waals surface area contributed by atoms with E-state index < -0.39 is 11.7 Å². The molecule has 1 aliphatic carbocycles. The summed E-state index contributed by atoms with van der Waals surface area (Å²) in [7, 11) is 0. The van der Waals surface area contributed by atoms with Crippen molar-refractivity contribution in [2.24, 2.45) is 4.99 Å². The van der Waals surface area contributed by atoms with E-state index in [0.29, 0.717) is 12.6 Å². The van der Waals surface area contributed by atoms with Crippen molar-refractivity contribution in [2.75, 3.05) is 19.7 Å². The van der Waals surface area contributed by atoms with Crippen LogP contribution in [-0.2, 0) is 6.18 Å². The van der Waals surface area contributed by atoms with E-state index in [1.807, 2.05) is 6.92 Å². The minimum Gasteiger partial charge on any atom is -0.492 e. The monoisotopic (exact) mass is 443 g/mol. The van der Waals surface area contributed by atoms with Gasteiger partial charge in [0.2, 0.25) is 0 Å². The van der Waals surface area contributed by atoms with Gasteiger partial charge >= 0.3 is 6.18 Å². The third-order valence-corrected chi connectivity index (χ3v) is 3.05. The molecule has 1 saturated carbocycles. The highest BCUT2D eigenvalue weighted by Gasteiger charge is 2.30. The molecule has 1 fully saturated rings. The summed E-state index contributed by atoms with van der Waals surface area (Å²) >= 11 is 0. The average molecular weight is 443 g/mol. The zero-order chi connectivity index (χ0) is 16.0. The third kappa shape index (κ3) is 7.28. The minimum absolute atomic E-state index is 0. The predicted octanol–water partition coefficient (Wildman–Crippen LogP) is 3.42. The molecule has 0 heterocycles. The second-order valence-electron chi connectivity index (χ2n) is 5.05. The molecule has 0 saturated heterocycles. The van der Waals surface area contributed by atoms with E-state index >= 15 is 0 Å². The van der Waals surface area contributed by atoms with Crippen LogP contribution in [0.15, 0.2) is 29.3 Å². The topological polar surface area (TPSA) is 45.7 Å². The second-order valence-corrected chi connectivity index (χ2v) is 5.05. The van der Waals surface area contributed by atoms with Crippen molar-refractivity contribution in [2.45, 2.75) is 32.0 Å². The molecule has 130 valence electrons. The molecule has 0 aliphatic heterocycles. The Morgan fingerprint density at radius 3 is 2.70 bits per heavy atom. The van der Waals surface area contributed by atoms with E-state index in [1.165, 1.54) is 12.1 Å². The number of nitrogens with one attached hydrogen (secondary N) is 2. The summed E-state index contributed by atoms with van der Waals surface area (Å²) < 4.78 is 43.1. The van der Waals surface area contributed by atoms with Crippen LogP contribution in [-0.4, -0.2) is 31.7 Å². The van der Waals surface area contributed by atoms with Gasteiger partial charge in [0.1, 0.15) is 12.4 Å². The molecule has 0 amide bonds. The smallest absolute Gasteiger partial charge is 0.416 e.